The summed E-state index contributed by atoms with van der Waals surface area (Å²) < 4.78 is 0. The van der Waals surface area contributed by atoms with Gasteiger partial charge in [0.25, 0.3) is 0 Å². The van der Waals surface area contributed by atoms with Crippen molar-refractivity contribution in [3.63, 3.8) is 0 Å². The average molecular weight is 304 g/mol. The van der Waals surface area contributed by atoms with Crippen LogP contribution in [0.25, 0.3) is 0 Å². The number of carbonyl (C=O) groups excluding carboxylic acids is 1. The summed E-state index contributed by atoms with van der Waals surface area (Å²) in [6.07, 6.45) is 4.09. The van der Waals surface area contributed by atoms with Gasteiger partial charge >= 0.3 is 0 Å². The summed E-state index contributed by atoms with van der Waals surface area (Å²) in [5.74, 6) is 0.604. The number of rotatable bonds is 10. The smallest absolute Gasteiger partial charge is 0.236 e. The molecule has 1 fully saturated rings. The molecule has 0 aromatic heterocycles. The molecule has 0 aromatic carbocycles. The van der Waals surface area contributed by atoms with E-state index in [0.29, 0.717) is 50.5 Å². The van der Waals surface area contributed by atoms with Crippen LogP contribution in [-0.2, 0) is 4.79 Å². The van der Waals surface area contributed by atoms with Gasteiger partial charge in [-0.25, -0.2) is 0 Å². The molecule has 122 valence electrons. The van der Waals surface area contributed by atoms with Gasteiger partial charge in [0, 0.05) is 25.2 Å². The van der Waals surface area contributed by atoms with E-state index in [2.05, 4.69) is 37.8 Å². The molecule has 1 aliphatic rings. The Hall–Kier alpha value is -1.59. The maximum Gasteiger partial charge on any atom is 0.236 e. The Balaban J connectivity index is 2.66. The molecule has 2 atom stereocenters. The average Bonchev–Trinajstić information content (AvgIpc) is 3.35. The lowest BCUT2D eigenvalue weighted by Gasteiger charge is -2.34. The van der Waals surface area contributed by atoms with E-state index in [1.54, 1.807) is 4.90 Å². The first-order chi connectivity index (χ1) is 10.5. The zero-order chi connectivity index (χ0) is 16.5. The number of hydrogen-bond acceptors (Lipinski definition) is 4. The fourth-order valence-electron chi connectivity index (χ4n) is 2.67. The van der Waals surface area contributed by atoms with E-state index in [1.807, 2.05) is 0 Å². The summed E-state index contributed by atoms with van der Waals surface area (Å²) in [6, 6.07) is 5.07. The molecule has 0 bridgehead atoms. The van der Waals surface area contributed by atoms with E-state index < -0.39 is 0 Å². The van der Waals surface area contributed by atoms with Gasteiger partial charge in [-0.05, 0) is 25.7 Å². The molecule has 0 spiro atoms. The van der Waals surface area contributed by atoms with Gasteiger partial charge < -0.3 is 4.90 Å². The predicted molar refractivity (Wildman–Crippen MR) is 85.7 cm³/mol. The topological polar surface area (TPSA) is 71.1 Å². The molecule has 1 saturated carbocycles. The van der Waals surface area contributed by atoms with E-state index in [1.165, 1.54) is 12.8 Å². The lowest BCUT2D eigenvalue weighted by Crippen LogP contribution is -2.47. The summed E-state index contributed by atoms with van der Waals surface area (Å²) in [6.45, 7) is 7.87. The Labute approximate surface area is 134 Å². The van der Waals surface area contributed by atoms with E-state index in [4.69, 9.17) is 10.5 Å². The lowest BCUT2D eigenvalue weighted by molar-refractivity contribution is -0.133. The minimum Gasteiger partial charge on any atom is -0.340 e. The van der Waals surface area contributed by atoms with Crippen LogP contribution in [0, 0.1) is 28.6 Å². The van der Waals surface area contributed by atoms with Crippen LogP contribution in [0.5, 0.6) is 0 Å². The van der Waals surface area contributed by atoms with Gasteiger partial charge in [0.05, 0.1) is 31.5 Å². The first kappa shape index (κ1) is 18.5. The zero-order valence-electron chi connectivity index (χ0n) is 14.1. The second kappa shape index (κ2) is 9.43. The molecule has 0 unspecified atom stereocenters. The third-order valence-corrected chi connectivity index (χ3v) is 4.66. The standard InChI is InChI=1S/C17H28N4O/c1-4-14(2)15(3)21(16-7-8-16)13-17(22)20(11-5-9-18)12-6-10-19/h14-16H,4-8,11-13H2,1-3H3/t14-,15+/m0/s1. The second-order valence-electron chi connectivity index (χ2n) is 6.23. The van der Waals surface area contributed by atoms with Crippen molar-refractivity contribution in [2.75, 3.05) is 19.6 Å². The van der Waals surface area contributed by atoms with Crippen LogP contribution in [0.15, 0.2) is 0 Å². The highest BCUT2D eigenvalue weighted by molar-refractivity contribution is 5.78. The Bertz CT molecular complexity index is 415. The molecule has 5 nitrogen and oxygen atoms in total. The SMILES string of the molecule is CC[C@H](C)[C@@H](C)N(CC(=O)N(CCC#N)CCC#N)C1CC1. The molecular formula is C17H28N4O. The van der Waals surface area contributed by atoms with Gasteiger partial charge in [-0.2, -0.15) is 10.5 Å². The molecular weight excluding hydrogens is 276 g/mol. The van der Waals surface area contributed by atoms with Crippen LogP contribution < -0.4 is 0 Å². The van der Waals surface area contributed by atoms with Crippen molar-refractivity contribution in [1.29, 1.82) is 10.5 Å². The highest BCUT2D eigenvalue weighted by Gasteiger charge is 2.35. The summed E-state index contributed by atoms with van der Waals surface area (Å²) in [5.41, 5.74) is 0. The molecule has 1 amide bonds. The molecule has 0 N–H and O–H groups in total. The van der Waals surface area contributed by atoms with Crippen LogP contribution in [0.4, 0.5) is 0 Å². The summed E-state index contributed by atoms with van der Waals surface area (Å²) >= 11 is 0. The van der Waals surface area contributed by atoms with Crippen molar-refractivity contribution in [3.8, 4) is 12.1 Å². The van der Waals surface area contributed by atoms with Gasteiger partial charge in [0.15, 0.2) is 0 Å². The van der Waals surface area contributed by atoms with Crippen molar-refractivity contribution in [2.45, 2.75) is 65.0 Å². The second-order valence-corrected chi connectivity index (χ2v) is 6.23. The first-order valence-corrected chi connectivity index (χ1v) is 8.32. The summed E-state index contributed by atoms with van der Waals surface area (Å²) in [5, 5.41) is 17.5. The lowest BCUT2D eigenvalue weighted by atomic mass is 9.99. The van der Waals surface area contributed by atoms with Crippen molar-refractivity contribution < 1.29 is 4.79 Å². The number of nitriles is 2. The monoisotopic (exact) mass is 304 g/mol. The third kappa shape index (κ3) is 5.66. The molecule has 0 aromatic rings. The number of nitrogens with zero attached hydrogens (tertiary/aromatic N) is 4. The van der Waals surface area contributed by atoms with Gasteiger partial charge in [-0.15, -0.1) is 0 Å². The summed E-state index contributed by atoms with van der Waals surface area (Å²) in [7, 11) is 0. The molecule has 0 radical (unpaired) electrons. The van der Waals surface area contributed by atoms with Gasteiger partial charge in [-0.3, -0.25) is 9.69 Å². The molecule has 5 heteroatoms. The van der Waals surface area contributed by atoms with Crippen LogP contribution in [0.1, 0.15) is 52.9 Å². The van der Waals surface area contributed by atoms with Crippen molar-refractivity contribution in [3.05, 3.63) is 0 Å². The fourth-order valence-corrected chi connectivity index (χ4v) is 2.67. The minimum atomic E-state index is 0.0487. The molecule has 1 aliphatic carbocycles. The highest BCUT2D eigenvalue weighted by atomic mass is 16.2. The van der Waals surface area contributed by atoms with E-state index in [-0.39, 0.29) is 5.91 Å². The van der Waals surface area contributed by atoms with Gasteiger partial charge in [0.2, 0.25) is 5.91 Å². The Morgan fingerprint density at radius 2 is 1.73 bits per heavy atom. The van der Waals surface area contributed by atoms with Gasteiger partial charge in [-0.1, -0.05) is 20.3 Å². The molecule has 0 heterocycles. The Kier molecular flexibility index (Phi) is 7.91. The number of amides is 1. The molecule has 22 heavy (non-hydrogen) atoms. The molecule has 0 saturated heterocycles. The molecule has 0 aliphatic heterocycles. The van der Waals surface area contributed by atoms with Crippen molar-refractivity contribution in [2.24, 2.45) is 5.92 Å². The van der Waals surface area contributed by atoms with Crippen LogP contribution in [-0.4, -0.2) is 47.4 Å². The van der Waals surface area contributed by atoms with E-state index in [0.717, 1.165) is 6.42 Å². The first-order valence-electron chi connectivity index (χ1n) is 8.32. The summed E-state index contributed by atoms with van der Waals surface area (Å²) in [4.78, 5) is 16.6. The predicted octanol–water partition coefficient (Wildman–Crippen LogP) is 2.54. The fraction of sp³-hybridized carbons (Fsp3) is 0.824. The zero-order valence-corrected chi connectivity index (χ0v) is 14.1. The largest absolute Gasteiger partial charge is 0.340 e. The Morgan fingerprint density at radius 3 is 2.14 bits per heavy atom. The number of carbonyl (C=O) groups is 1. The Morgan fingerprint density at radius 1 is 1.18 bits per heavy atom. The van der Waals surface area contributed by atoms with Crippen LogP contribution in [0.2, 0.25) is 0 Å². The minimum absolute atomic E-state index is 0.0487. The van der Waals surface area contributed by atoms with Crippen molar-refractivity contribution in [1.82, 2.24) is 9.80 Å². The maximum atomic E-state index is 12.6. The van der Waals surface area contributed by atoms with E-state index >= 15 is 0 Å². The molecule has 1 rings (SSSR count). The van der Waals surface area contributed by atoms with Crippen LogP contribution >= 0.6 is 0 Å². The van der Waals surface area contributed by atoms with Gasteiger partial charge in [0.1, 0.15) is 0 Å². The highest BCUT2D eigenvalue weighted by Crippen LogP contribution is 2.31. The normalized spacial score (nSPS) is 16.6. The van der Waals surface area contributed by atoms with Crippen LogP contribution in [0.3, 0.4) is 0 Å². The third-order valence-electron chi connectivity index (χ3n) is 4.66. The number of hydrogen-bond donors (Lipinski definition) is 0. The quantitative estimate of drug-likeness (QED) is 0.622. The van der Waals surface area contributed by atoms with E-state index in [9.17, 15) is 4.79 Å². The van der Waals surface area contributed by atoms with Crippen molar-refractivity contribution >= 4 is 5.91 Å². The maximum absolute atomic E-state index is 12.6.